The van der Waals surface area contributed by atoms with Crippen LogP contribution in [0.2, 0.25) is 0 Å². The van der Waals surface area contributed by atoms with Gasteiger partial charge in [0, 0.05) is 18.6 Å². The SMILES string of the molecule is CC(C)Cc1ccc(CC(=O)N2CC[C@H](N)C[C@@H]2C)cc1. The minimum absolute atomic E-state index is 0.228. The van der Waals surface area contributed by atoms with Gasteiger partial charge in [0.1, 0.15) is 0 Å². The molecule has 21 heavy (non-hydrogen) atoms. The molecule has 1 aliphatic rings. The molecule has 116 valence electrons. The number of nitrogens with zero attached hydrogens (tertiary/aromatic N) is 1. The third-order valence-corrected chi connectivity index (χ3v) is 4.26. The number of rotatable bonds is 4. The molecule has 2 atom stereocenters. The molecule has 3 nitrogen and oxygen atoms in total. The predicted octanol–water partition coefficient (Wildman–Crippen LogP) is 2.77. The van der Waals surface area contributed by atoms with Crippen LogP contribution in [0, 0.1) is 5.92 Å². The zero-order valence-electron chi connectivity index (χ0n) is 13.5. The molecular formula is C18H28N2O. The maximum Gasteiger partial charge on any atom is 0.227 e. The first kappa shape index (κ1) is 16.0. The lowest BCUT2D eigenvalue weighted by atomic mass is 9.97. The van der Waals surface area contributed by atoms with Crippen LogP contribution in [0.5, 0.6) is 0 Å². The van der Waals surface area contributed by atoms with Crippen molar-refractivity contribution in [1.82, 2.24) is 4.90 Å². The summed E-state index contributed by atoms with van der Waals surface area (Å²) in [6.07, 6.45) is 3.43. The Kier molecular flexibility index (Phi) is 5.40. The average molecular weight is 288 g/mol. The van der Waals surface area contributed by atoms with Crippen LogP contribution in [-0.2, 0) is 17.6 Å². The van der Waals surface area contributed by atoms with Gasteiger partial charge < -0.3 is 10.6 Å². The van der Waals surface area contributed by atoms with Gasteiger partial charge in [0.05, 0.1) is 6.42 Å². The zero-order valence-corrected chi connectivity index (χ0v) is 13.5. The summed E-state index contributed by atoms with van der Waals surface area (Å²) >= 11 is 0. The van der Waals surface area contributed by atoms with E-state index in [2.05, 4.69) is 45.0 Å². The van der Waals surface area contributed by atoms with Crippen LogP contribution in [0.25, 0.3) is 0 Å². The second kappa shape index (κ2) is 7.08. The number of benzene rings is 1. The van der Waals surface area contributed by atoms with Crippen LogP contribution in [-0.4, -0.2) is 29.4 Å². The van der Waals surface area contributed by atoms with Crippen LogP contribution in [0.1, 0.15) is 44.7 Å². The number of hydrogen-bond donors (Lipinski definition) is 1. The summed E-state index contributed by atoms with van der Waals surface area (Å²) < 4.78 is 0. The van der Waals surface area contributed by atoms with E-state index in [0.717, 1.165) is 31.4 Å². The van der Waals surface area contributed by atoms with Crippen molar-refractivity contribution in [3.05, 3.63) is 35.4 Å². The number of amides is 1. The minimum Gasteiger partial charge on any atom is -0.340 e. The Bertz CT molecular complexity index is 467. The zero-order chi connectivity index (χ0) is 15.4. The number of carbonyl (C=O) groups excluding carboxylic acids is 1. The van der Waals surface area contributed by atoms with Gasteiger partial charge in [0.25, 0.3) is 0 Å². The Morgan fingerprint density at radius 3 is 2.48 bits per heavy atom. The van der Waals surface area contributed by atoms with Crippen LogP contribution in [0.4, 0.5) is 0 Å². The molecule has 1 aromatic carbocycles. The fraction of sp³-hybridized carbons (Fsp3) is 0.611. The number of nitrogens with two attached hydrogens (primary N) is 1. The summed E-state index contributed by atoms with van der Waals surface area (Å²) in [6, 6.07) is 9.00. The summed E-state index contributed by atoms with van der Waals surface area (Å²) in [5.74, 6) is 0.891. The van der Waals surface area contributed by atoms with E-state index in [0.29, 0.717) is 12.3 Å². The normalized spacial score (nSPS) is 22.6. The van der Waals surface area contributed by atoms with Gasteiger partial charge in [-0.2, -0.15) is 0 Å². The first-order valence-electron chi connectivity index (χ1n) is 8.08. The molecule has 0 bridgehead atoms. The van der Waals surface area contributed by atoms with Crippen molar-refractivity contribution >= 4 is 5.91 Å². The van der Waals surface area contributed by atoms with Gasteiger partial charge in [-0.1, -0.05) is 38.1 Å². The second-order valence-corrected chi connectivity index (χ2v) is 6.81. The maximum atomic E-state index is 12.4. The Morgan fingerprint density at radius 1 is 1.29 bits per heavy atom. The summed E-state index contributed by atoms with van der Waals surface area (Å²) in [6.45, 7) is 7.34. The van der Waals surface area contributed by atoms with Gasteiger partial charge >= 0.3 is 0 Å². The van der Waals surface area contributed by atoms with Crippen molar-refractivity contribution < 1.29 is 4.79 Å². The van der Waals surface area contributed by atoms with Gasteiger partial charge in [-0.25, -0.2) is 0 Å². The summed E-state index contributed by atoms with van der Waals surface area (Å²) in [5.41, 5.74) is 8.41. The molecule has 0 spiro atoms. The third kappa shape index (κ3) is 4.57. The fourth-order valence-electron chi connectivity index (χ4n) is 3.12. The molecule has 3 heteroatoms. The molecule has 2 rings (SSSR count). The van der Waals surface area contributed by atoms with Crippen LogP contribution >= 0.6 is 0 Å². The highest BCUT2D eigenvalue weighted by Crippen LogP contribution is 2.18. The van der Waals surface area contributed by atoms with Gasteiger partial charge in [0.2, 0.25) is 5.91 Å². The molecule has 1 heterocycles. The molecule has 1 saturated heterocycles. The largest absolute Gasteiger partial charge is 0.340 e. The molecule has 2 N–H and O–H groups in total. The van der Waals surface area contributed by atoms with Crippen LogP contribution in [0.15, 0.2) is 24.3 Å². The lowest BCUT2D eigenvalue weighted by Gasteiger charge is -2.36. The summed E-state index contributed by atoms with van der Waals surface area (Å²) in [7, 11) is 0. The highest BCUT2D eigenvalue weighted by Gasteiger charge is 2.26. The monoisotopic (exact) mass is 288 g/mol. The third-order valence-electron chi connectivity index (χ3n) is 4.26. The van der Waals surface area contributed by atoms with Crippen molar-refractivity contribution in [2.75, 3.05) is 6.54 Å². The average Bonchev–Trinajstić information content (AvgIpc) is 2.40. The van der Waals surface area contributed by atoms with Crippen molar-refractivity contribution in [3.63, 3.8) is 0 Å². The topological polar surface area (TPSA) is 46.3 Å². The summed E-state index contributed by atoms with van der Waals surface area (Å²) in [5, 5.41) is 0. The smallest absolute Gasteiger partial charge is 0.227 e. The lowest BCUT2D eigenvalue weighted by Crippen LogP contribution is -2.48. The minimum atomic E-state index is 0.228. The molecule has 1 aliphatic heterocycles. The predicted molar refractivity (Wildman–Crippen MR) is 87.1 cm³/mol. The maximum absolute atomic E-state index is 12.4. The molecule has 0 unspecified atom stereocenters. The van der Waals surface area contributed by atoms with Gasteiger partial charge in [-0.05, 0) is 43.2 Å². The highest BCUT2D eigenvalue weighted by atomic mass is 16.2. The van der Waals surface area contributed by atoms with Crippen LogP contribution in [0.3, 0.4) is 0 Å². The van der Waals surface area contributed by atoms with Gasteiger partial charge in [-0.3, -0.25) is 4.79 Å². The number of piperidine rings is 1. The molecule has 0 aliphatic carbocycles. The van der Waals surface area contributed by atoms with E-state index in [1.807, 2.05) is 4.90 Å². The van der Waals surface area contributed by atoms with E-state index in [9.17, 15) is 4.79 Å². The number of hydrogen-bond acceptors (Lipinski definition) is 2. The Balaban J connectivity index is 1.93. The molecule has 1 fully saturated rings. The Morgan fingerprint density at radius 2 is 1.90 bits per heavy atom. The van der Waals surface area contributed by atoms with Crippen molar-refractivity contribution in [2.24, 2.45) is 11.7 Å². The first-order chi connectivity index (χ1) is 9.95. The van der Waals surface area contributed by atoms with E-state index >= 15 is 0 Å². The van der Waals surface area contributed by atoms with E-state index in [1.165, 1.54) is 5.56 Å². The van der Waals surface area contributed by atoms with Gasteiger partial charge in [-0.15, -0.1) is 0 Å². The number of carbonyl (C=O) groups is 1. The number of likely N-dealkylation sites (tertiary alicyclic amines) is 1. The van der Waals surface area contributed by atoms with Crippen LogP contribution < -0.4 is 5.73 Å². The Hall–Kier alpha value is -1.35. The van der Waals surface area contributed by atoms with E-state index in [4.69, 9.17) is 5.73 Å². The van der Waals surface area contributed by atoms with E-state index < -0.39 is 0 Å². The molecule has 0 aromatic heterocycles. The Labute approximate surface area is 128 Å². The second-order valence-electron chi connectivity index (χ2n) is 6.81. The molecular weight excluding hydrogens is 260 g/mol. The van der Waals surface area contributed by atoms with Crippen molar-refractivity contribution in [2.45, 2.75) is 58.5 Å². The van der Waals surface area contributed by atoms with Crippen molar-refractivity contribution in [3.8, 4) is 0 Å². The summed E-state index contributed by atoms with van der Waals surface area (Å²) in [4.78, 5) is 14.4. The fourth-order valence-corrected chi connectivity index (χ4v) is 3.12. The molecule has 1 amide bonds. The lowest BCUT2D eigenvalue weighted by molar-refractivity contribution is -0.133. The molecule has 1 aromatic rings. The molecule has 0 saturated carbocycles. The van der Waals surface area contributed by atoms with Gasteiger partial charge in [0.15, 0.2) is 0 Å². The van der Waals surface area contributed by atoms with Crippen molar-refractivity contribution in [1.29, 1.82) is 0 Å². The first-order valence-corrected chi connectivity index (χ1v) is 8.08. The van der Waals surface area contributed by atoms with E-state index in [1.54, 1.807) is 0 Å². The highest BCUT2D eigenvalue weighted by molar-refractivity contribution is 5.79. The van der Waals surface area contributed by atoms with E-state index in [-0.39, 0.29) is 18.0 Å². The molecule has 0 radical (unpaired) electrons. The quantitative estimate of drug-likeness (QED) is 0.926. The standard InChI is InChI=1S/C18H28N2O/c1-13(2)10-15-4-6-16(7-5-15)12-18(21)20-9-8-17(19)11-14(20)3/h4-7,13-14,17H,8-12,19H2,1-3H3/t14-,17-/m0/s1.